The minimum atomic E-state index is 0.773. The van der Waals surface area contributed by atoms with E-state index < -0.39 is 0 Å². The lowest BCUT2D eigenvalue weighted by atomic mass is 10.1. The van der Waals surface area contributed by atoms with E-state index in [4.69, 9.17) is 17.2 Å². The molecule has 6 aromatic carbocycles. The first-order valence-corrected chi connectivity index (χ1v) is 20.4. The summed E-state index contributed by atoms with van der Waals surface area (Å²) in [5, 5.41) is 0. The zero-order valence-electron chi connectivity index (χ0n) is 29.7. The highest BCUT2D eigenvalue weighted by molar-refractivity contribution is 7.19. The second-order valence-corrected chi connectivity index (χ2v) is 16.6. The Kier molecular flexibility index (Phi) is 9.26. The predicted octanol–water partition coefficient (Wildman–Crippen LogP) is 14.1. The number of nitrogens with two attached hydrogens (primary N) is 3. The Morgan fingerprint density at radius 1 is 0.236 bits per heavy atom. The zero-order chi connectivity index (χ0) is 37.3. The molecule has 0 aliphatic heterocycles. The van der Waals surface area contributed by atoms with Crippen LogP contribution in [0.3, 0.4) is 0 Å². The zero-order valence-corrected chi connectivity index (χ0v) is 32.2. The van der Waals surface area contributed by atoms with Crippen LogP contribution in [-0.4, -0.2) is 0 Å². The van der Waals surface area contributed by atoms with Crippen molar-refractivity contribution in [1.82, 2.24) is 0 Å². The summed E-state index contributed by atoms with van der Waals surface area (Å²) in [6.45, 7) is 0. The van der Waals surface area contributed by atoms with Gasteiger partial charge in [0.1, 0.15) is 0 Å². The quantitative estimate of drug-likeness (QED) is 0.128. The molecule has 6 N–H and O–H groups in total. The molecule has 7 heteroatoms. The van der Waals surface area contributed by atoms with Gasteiger partial charge in [0.05, 0.1) is 0 Å². The largest absolute Gasteiger partial charge is 0.399 e. The molecular weight excluding hydrogens is 729 g/mol. The SMILES string of the molecule is Nc1ccc(-c2ccc(-c3ccc(N(c4ccc(-c5ccc(-c6ccc(N)cc6)s5)cc4)c4ccc(-c5ccc(-c6ccc(N)cc6)s5)cc4)cc3)s2)cc1. The molecule has 9 rings (SSSR count). The van der Waals surface area contributed by atoms with E-state index >= 15 is 0 Å². The van der Waals surface area contributed by atoms with Crippen LogP contribution in [0.4, 0.5) is 34.1 Å². The van der Waals surface area contributed by atoms with Crippen molar-refractivity contribution in [2.45, 2.75) is 0 Å². The minimum absolute atomic E-state index is 0.773. The van der Waals surface area contributed by atoms with E-state index in [-0.39, 0.29) is 0 Å². The van der Waals surface area contributed by atoms with Crippen molar-refractivity contribution in [3.8, 4) is 62.6 Å². The second-order valence-electron chi connectivity index (χ2n) is 13.3. The third-order valence-electron chi connectivity index (χ3n) is 9.63. The Morgan fingerprint density at radius 2 is 0.418 bits per heavy atom. The molecule has 0 aliphatic rings. The molecule has 0 bridgehead atoms. The summed E-state index contributed by atoms with van der Waals surface area (Å²) >= 11 is 5.37. The maximum absolute atomic E-state index is 5.93. The lowest BCUT2D eigenvalue weighted by Gasteiger charge is -2.26. The van der Waals surface area contributed by atoms with Crippen LogP contribution in [0, 0.1) is 0 Å². The summed E-state index contributed by atoms with van der Waals surface area (Å²) in [4.78, 5) is 9.66. The Labute approximate surface area is 333 Å². The predicted molar refractivity (Wildman–Crippen MR) is 241 cm³/mol. The summed E-state index contributed by atoms with van der Waals surface area (Å²) < 4.78 is 0. The van der Waals surface area contributed by atoms with E-state index in [2.05, 4.69) is 150 Å². The number of hydrogen-bond donors (Lipinski definition) is 3. The Bertz CT molecular complexity index is 2380. The molecule has 0 aliphatic carbocycles. The highest BCUT2D eigenvalue weighted by atomic mass is 32.1. The fourth-order valence-corrected chi connectivity index (χ4v) is 9.71. The lowest BCUT2D eigenvalue weighted by molar-refractivity contribution is 1.28. The highest BCUT2D eigenvalue weighted by Crippen LogP contribution is 2.42. The molecule has 0 radical (unpaired) electrons. The molecule has 3 heterocycles. The summed E-state index contributed by atoms with van der Waals surface area (Å²) in [6, 6.07) is 64.0. The van der Waals surface area contributed by atoms with Gasteiger partial charge in [0.15, 0.2) is 0 Å². The summed E-state index contributed by atoms with van der Waals surface area (Å²) in [5.41, 5.74) is 30.5. The van der Waals surface area contributed by atoms with Crippen LogP contribution in [0.1, 0.15) is 0 Å². The van der Waals surface area contributed by atoms with Crippen LogP contribution in [0.15, 0.2) is 182 Å². The number of nitrogen functional groups attached to an aromatic ring is 3. The summed E-state index contributed by atoms with van der Waals surface area (Å²) in [5.74, 6) is 0. The highest BCUT2D eigenvalue weighted by Gasteiger charge is 2.16. The summed E-state index contributed by atoms with van der Waals surface area (Å²) in [6.07, 6.45) is 0. The molecule has 0 saturated carbocycles. The molecule has 4 nitrogen and oxygen atoms in total. The van der Waals surface area contributed by atoms with E-state index in [0.717, 1.165) is 34.1 Å². The van der Waals surface area contributed by atoms with Gasteiger partial charge in [-0.25, -0.2) is 0 Å². The molecule has 0 atom stereocenters. The Hall–Kier alpha value is -6.38. The number of hydrogen-bond acceptors (Lipinski definition) is 7. The Morgan fingerprint density at radius 3 is 0.618 bits per heavy atom. The molecule has 0 amide bonds. The maximum atomic E-state index is 5.93. The molecule has 0 spiro atoms. The van der Waals surface area contributed by atoms with Crippen LogP contribution < -0.4 is 22.1 Å². The summed E-state index contributed by atoms with van der Waals surface area (Å²) in [7, 11) is 0. The average molecular weight is 765 g/mol. The van der Waals surface area contributed by atoms with Gasteiger partial charge >= 0.3 is 0 Å². The van der Waals surface area contributed by atoms with Gasteiger partial charge < -0.3 is 22.1 Å². The van der Waals surface area contributed by atoms with Gasteiger partial charge in [-0.1, -0.05) is 72.8 Å². The van der Waals surface area contributed by atoms with Crippen molar-refractivity contribution in [2.24, 2.45) is 0 Å². The van der Waals surface area contributed by atoms with Gasteiger partial charge in [-0.3, -0.25) is 0 Å². The third-order valence-corrected chi connectivity index (χ3v) is 13.2. The topological polar surface area (TPSA) is 81.3 Å². The molecule has 266 valence electrons. The maximum Gasteiger partial charge on any atom is 0.0462 e. The van der Waals surface area contributed by atoms with Gasteiger partial charge in [-0.15, -0.1) is 34.0 Å². The van der Waals surface area contributed by atoms with Crippen LogP contribution in [0.5, 0.6) is 0 Å². The van der Waals surface area contributed by atoms with E-state index in [1.54, 1.807) is 34.0 Å². The minimum Gasteiger partial charge on any atom is -0.399 e. The average Bonchev–Trinajstić information content (AvgIpc) is 4.03. The van der Waals surface area contributed by atoms with Gasteiger partial charge in [0.2, 0.25) is 0 Å². The van der Waals surface area contributed by atoms with E-state index in [1.807, 2.05) is 36.4 Å². The van der Waals surface area contributed by atoms with Crippen molar-refractivity contribution in [2.75, 3.05) is 22.1 Å². The van der Waals surface area contributed by atoms with E-state index in [0.29, 0.717) is 0 Å². The first-order chi connectivity index (χ1) is 26.9. The fraction of sp³-hybridized carbons (Fsp3) is 0. The molecular formula is C48H36N4S3. The van der Waals surface area contributed by atoms with Gasteiger partial charge in [0.25, 0.3) is 0 Å². The molecule has 0 saturated heterocycles. The molecule has 9 aromatic rings. The van der Waals surface area contributed by atoms with E-state index in [1.165, 1.54) is 62.6 Å². The lowest BCUT2D eigenvalue weighted by Crippen LogP contribution is -2.09. The number of anilines is 6. The van der Waals surface area contributed by atoms with E-state index in [9.17, 15) is 0 Å². The van der Waals surface area contributed by atoms with Gasteiger partial charge in [-0.05, 0) is 143 Å². The second kappa shape index (κ2) is 14.8. The smallest absolute Gasteiger partial charge is 0.0462 e. The number of benzene rings is 6. The van der Waals surface area contributed by atoms with Gasteiger partial charge in [-0.2, -0.15) is 0 Å². The van der Waals surface area contributed by atoms with Crippen LogP contribution in [0.2, 0.25) is 0 Å². The first kappa shape index (κ1) is 34.4. The van der Waals surface area contributed by atoms with Gasteiger partial charge in [0, 0.05) is 63.4 Å². The monoisotopic (exact) mass is 764 g/mol. The first-order valence-electron chi connectivity index (χ1n) is 17.9. The van der Waals surface area contributed by atoms with Crippen LogP contribution >= 0.6 is 34.0 Å². The molecule has 0 unspecified atom stereocenters. The number of rotatable bonds is 9. The third kappa shape index (κ3) is 7.29. The van der Waals surface area contributed by atoms with Crippen molar-refractivity contribution in [1.29, 1.82) is 0 Å². The number of nitrogens with zero attached hydrogens (tertiary/aromatic N) is 1. The number of thiophene rings is 3. The van der Waals surface area contributed by atoms with Crippen LogP contribution in [-0.2, 0) is 0 Å². The van der Waals surface area contributed by atoms with Crippen molar-refractivity contribution in [3.05, 3.63) is 182 Å². The fourth-order valence-electron chi connectivity index (χ4n) is 6.66. The van der Waals surface area contributed by atoms with Crippen LogP contribution in [0.25, 0.3) is 62.6 Å². The van der Waals surface area contributed by atoms with Crippen molar-refractivity contribution < 1.29 is 0 Å². The molecule has 0 fully saturated rings. The normalized spacial score (nSPS) is 11.1. The Balaban J connectivity index is 1.03. The standard InChI is InChI=1S/C48H36N4S3/c49-37-13-1-31(2-14-37)43-25-28-46(53-43)34-7-19-40(20-8-34)52(41-21-9-35(10-22-41)47-29-26-44(54-47)32-3-15-38(50)16-4-32)42-23-11-36(12-24-42)48-30-27-45(55-48)33-5-17-39(51)18-6-33/h1-30H,49-51H2. The molecule has 55 heavy (non-hydrogen) atoms. The molecule has 3 aromatic heterocycles. The van der Waals surface area contributed by atoms with Crippen molar-refractivity contribution >= 4 is 68.1 Å². The van der Waals surface area contributed by atoms with Crippen molar-refractivity contribution in [3.63, 3.8) is 0 Å².